The van der Waals surface area contributed by atoms with Gasteiger partial charge >= 0.3 is 11.9 Å². The van der Waals surface area contributed by atoms with Crippen LogP contribution < -0.4 is 0 Å². The lowest BCUT2D eigenvalue weighted by molar-refractivity contribution is -0.147. The van der Waals surface area contributed by atoms with E-state index in [-0.39, 0.29) is 10.3 Å². The molecule has 0 aromatic rings. The van der Waals surface area contributed by atoms with Crippen molar-refractivity contribution in [2.45, 2.75) is 21.6 Å². The molecular formula is C9H10BrIO4. The van der Waals surface area contributed by atoms with E-state index in [0.717, 1.165) is 0 Å². The van der Waals surface area contributed by atoms with Gasteiger partial charge in [0.2, 0.25) is 0 Å². The van der Waals surface area contributed by atoms with Gasteiger partial charge in [-0.15, -0.1) is 0 Å². The van der Waals surface area contributed by atoms with E-state index in [1.807, 2.05) is 22.6 Å². The molecule has 0 aromatic heterocycles. The molecule has 0 spiro atoms. The van der Waals surface area contributed by atoms with Crippen molar-refractivity contribution in [1.29, 1.82) is 0 Å². The summed E-state index contributed by atoms with van der Waals surface area (Å²) in [5.41, 5.74) is -1.12. The predicted molar refractivity (Wildman–Crippen MR) is 66.6 cm³/mol. The van der Waals surface area contributed by atoms with E-state index in [1.54, 1.807) is 12.2 Å². The zero-order chi connectivity index (χ0) is 11.9. The Kier molecular flexibility index (Phi) is 3.49. The summed E-state index contributed by atoms with van der Waals surface area (Å²) in [6, 6.07) is 0. The number of carboxylic acid groups (broad SMARTS) is 2. The molecule has 0 saturated carbocycles. The summed E-state index contributed by atoms with van der Waals surface area (Å²) < 4.78 is -1.46. The van der Waals surface area contributed by atoms with Gasteiger partial charge in [0.25, 0.3) is 0 Å². The number of allylic oxidation sites excluding steroid dienone is 1. The number of hydrogen-bond donors (Lipinski definition) is 2. The molecule has 84 valence electrons. The quantitative estimate of drug-likeness (QED) is 0.431. The Morgan fingerprint density at radius 3 is 2.40 bits per heavy atom. The molecular weight excluding hydrogens is 379 g/mol. The first kappa shape index (κ1) is 13.0. The fraction of sp³-hybridized carbons (Fsp3) is 0.556. The summed E-state index contributed by atoms with van der Waals surface area (Å²) in [6.07, 6.45) is 3.23. The summed E-state index contributed by atoms with van der Waals surface area (Å²) in [7, 11) is 0. The first-order valence-electron chi connectivity index (χ1n) is 4.21. The number of carboxylic acids is 2. The molecule has 3 atom stereocenters. The maximum absolute atomic E-state index is 11.1. The minimum absolute atomic E-state index is 0.0365. The van der Waals surface area contributed by atoms with Crippen molar-refractivity contribution in [2.75, 3.05) is 0 Å². The first-order chi connectivity index (χ1) is 6.72. The number of alkyl halides is 2. The van der Waals surface area contributed by atoms with E-state index in [1.165, 1.54) is 6.92 Å². The minimum Gasteiger partial charge on any atom is -0.481 e. The zero-order valence-electron chi connectivity index (χ0n) is 7.91. The summed E-state index contributed by atoms with van der Waals surface area (Å²) in [5.74, 6) is -2.04. The zero-order valence-corrected chi connectivity index (χ0v) is 11.6. The topological polar surface area (TPSA) is 74.6 Å². The second kappa shape index (κ2) is 4.04. The van der Waals surface area contributed by atoms with Crippen LogP contribution in [0.3, 0.4) is 0 Å². The highest BCUT2D eigenvalue weighted by molar-refractivity contribution is 14.1. The van der Waals surface area contributed by atoms with Crippen LogP contribution in [0.4, 0.5) is 0 Å². The largest absolute Gasteiger partial charge is 0.481 e. The summed E-state index contributed by atoms with van der Waals surface area (Å²) in [6.45, 7) is 1.52. The molecule has 0 aromatic carbocycles. The van der Waals surface area contributed by atoms with Gasteiger partial charge < -0.3 is 10.2 Å². The van der Waals surface area contributed by atoms with Crippen LogP contribution in [0.25, 0.3) is 0 Å². The first-order valence-corrected chi connectivity index (χ1v) is 6.25. The Balaban J connectivity index is 3.13. The van der Waals surface area contributed by atoms with Gasteiger partial charge in [0.05, 0.1) is 9.34 Å². The van der Waals surface area contributed by atoms with E-state index in [4.69, 9.17) is 10.2 Å². The van der Waals surface area contributed by atoms with Gasteiger partial charge in [0, 0.05) is 0 Å². The summed E-state index contributed by atoms with van der Waals surface area (Å²) >= 11 is 5.13. The monoisotopic (exact) mass is 388 g/mol. The van der Waals surface area contributed by atoms with Crippen LogP contribution in [-0.4, -0.2) is 30.4 Å². The normalized spacial score (nSPS) is 40.1. The summed E-state index contributed by atoms with van der Waals surface area (Å²) in [5, 5.41) is 18.1. The molecule has 3 unspecified atom stereocenters. The van der Waals surface area contributed by atoms with Crippen LogP contribution in [0.1, 0.15) is 13.3 Å². The van der Waals surface area contributed by atoms with Crippen molar-refractivity contribution >= 4 is 50.5 Å². The molecule has 6 heteroatoms. The van der Waals surface area contributed by atoms with Crippen molar-refractivity contribution in [3.8, 4) is 0 Å². The Labute approximate surface area is 109 Å². The third-order valence-electron chi connectivity index (χ3n) is 2.54. The van der Waals surface area contributed by atoms with Gasteiger partial charge in [-0.05, 0) is 13.3 Å². The Hall–Kier alpha value is -0.110. The number of aliphatic carboxylic acids is 2. The number of hydrogen-bond acceptors (Lipinski definition) is 2. The van der Waals surface area contributed by atoms with Crippen molar-refractivity contribution in [1.82, 2.24) is 0 Å². The summed E-state index contributed by atoms with van der Waals surface area (Å²) in [4.78, 5) is 22.1. The minimum atomic E-state index is -1.20. The molecule has 0 saturated heterocycles. The molecule has 0 radical (unpaired) electrons. The van der Waals surface area contributed by atoms with Crippen LogP contribution in [0.5, 0.6) is 0 Å². The Morgan fingerprint density at radius 1 is 1.47 bits per heavy atom. The molecule has 0 amide bonds. The van der Waals surface area contributed by atoms with Gasteiger partial charge in [-0.25, -0.2) is 0 Å². The molecule has 1 rings (SSSR count). The van der Waals surface area contributed by atoms with Crippen molar-refractivity contribution in [2.24, 2.45) is 5.41 Å². The smallest absolute Gasteiger partial charge is 0.321 e. The SMILES string of the molecule is CC1(C(=O)O)C=CC(I)C(Br)(C(=O)O)C1. The van der Waals surface area contributed by atoms with Gasteiger partial charge in [-0.3, -0.25) is 9.59 Å². The highest BCUT2D eigenvalue weighted by Gasteiger charge is 2.51. The van der Waals surface area contributed by atoms with Gasteiger partial charge in [-0.2, -0.15) is 0 Å². The van der Waals surface area contributed by atoms with Gasteiger partial charge in [0.1, 0.15) is 4.32 Å². The molecule has 1 aliphatic rings. The fourth-order valence-electron chi connectivity index (χ4n) is 1.48. The van der Waals surface area contributed by atoms with Crippen molar-refractivity contribution in [3.63, 3.8) is 0 Å². The maximum atomic E-state index is 11.1. The van der Waals surface area contributed by atoms with E-state index in [9.17, 15) is 9.59 Å². The van der Waals surface area contributed by atoms with Crippen LogP contribution >= 0.6 is 38.5 Å². The second-order valence-corrected chi connectivity index (χ2v) is 6.58. The lowest BCUT2D eigenvalue weighted by atomic mass is 9.75. The van der Waals surface area contributed by atoms with E-state index in [0.29, 0.717) is 0 Å². The third kappa shape index (κ3) is 2.20. The van der Waals surface area contributed by atoms with Gasteiger partial charge in [-0.1, -0.05) is 50.7 Å². The number of carbonyl (C=O) groups is 2. The Morgan fingerprint density at radius 2 is 2.00 bits per heavy atom. The Bertz CT molecular complexity index is 343. The molecule has 15 heavy (non-hydrogen) atoms. The molecule has 2 N–H and O–H groups in total. The number of halogens is 2. The molecule has 1 aliphatic carbocycles. The molecule has 0 aliphatic heterocycles. The second-order valence-electron chi connectivity index (χ2n) is 3.83. The van der Waals surface area contributed by atoms with E-state index >= 15 is 0 Å². The van der Waals surface area contributed by atoms with Gasteiger partial charge in [0.15, 0.2) is 0 Å². The molecule has 0 heterocycles. The molecule has 0 fully saturated rings. The average molecular weight is 389 g/mol. The highest BCUT2D eigenvalue weighted by atomic mass is 127. The third-order valence-corrected chi connectivity index (χ3v) is 5.99. The number of rotatable bonds is 2. The van der Waals surface area contributed by atoms with Crippen LogP contribution in [0.2, 0.25) is 0 Å². The highest BCUT2D eigenvalue weighted by Crippen LogP contribution is 2.45. The van der Waals surface area contributed by atoms with Crippen LogP contribution in [0.15, 0.2) is 12.2 Å². The standard InChI is InChI=1S/C9H10BrIO4/c1-8(6(12)13)3-2-5(11)9(10,4-8)7(14)15/h2-3,5H,4H2,1H3,(H,12,13)(H,14,15). The fourth-order valence-corrected chi connectivity index (χ4v) is 2.91. The lowest BCUT2D eigenvalue weighted by Crippen LogP contribution is -2.48. The van der Waals surface area contributed by atoms with Crippen LogP contribution in [0, 0.1) is 5.41 Å². The van der Waals surface area contributed by atoms with Crippen molar-refractivity contribution < 1.29 is 19.8 Å². The average Bonchev–Trinajstić information content (AvgIpc) is 2.11. The predicted octanol–water partition coefficient (Wildman–Crippen LogP) is 2.06. The van der Waals surface area contributed by atoms with E-state index < -0.39 is 21.7 Å². The van der Waals surface area contributed by atoms with Crippen molar-refractivity contribution in [3.05, 3.63) is 12.2 Å². The molecule has 4 nitrogen and oxygen atoms in total. The lowest BCUT2D eigenvalue weighted by Gasteiger charge is -2.37. The molecule has 0 bridgehead atoms. The van der Waals surface area contributed by atoms with E-state index in [2.05, 4.69) is 15.9 Å². The van der Waals surface area contributed by atoms with Crippen LogP contribution in [-0.2, 0) is 9.59 Å². The maximum Gasteiger partial charge on any atom is 0.321 e.